The Balaban J connectivity index is 2.19. The summed E-state index contributed by atoms with van der Waals surface area (Å²) in [5.74, 6) is -1.16. The van der Waals surface area contributed by atoms with Gasteiger partial charge < -0.3 is 10.1 Å². The predicted octanol–water partition coefficient (Wildman–Crippen LogP) is 5.50. The molecule has 1 unspecified atom stereocenters. The van der Waals surface area contributed by atoms with Crippen LogP contribution >= 0.6 is 15.9 Å². The fraction of sp³-hybridized carbons (Fsp3) is 0.200. The van der Waals surface area contributed by atoms with E-state index in [1.807, 2.05) is 30.3 Å². The third-order valence-electron chi connectivity index (χ3n) is 4.05. The van der Waals surface area contributed by atoms with Crippen LogP contribution in [0.3, 0.4) is 0 Å². The number of hydrogen-bond acceptors (Lipinski definition) is 2. The molecule has 1 aliphatic heterocycles. The Bertz CT molecular complexity index is 810. The van der Waals surface area contributed by atoms with Crippen LogP contribution in [0.4, 0.5) is 8.78 Å². The lowest BCUT2D eigenvalue weighted by Crippen LogP contribution is -2.26. The van der Waals surface area contributed by atoms with Gasteiger partial charge in [-0.2, -0.15) is 0 Å². The van der Waals surface area contributed by atoms with Gasteiger partial charge in [-0.15, -0.1) is 0 Å². The first-order valence-electron chi connectivity index (χ1n) is 8.02. The van der Waals surface area contributed by atoms with Crippen molar-refractivity contribution in [3.63, 3.8) is 0 Å². The van der Waals surface area contributed by atoms with E-state index in [0.717, 1.165) is 11.1 Å². The Hall–Kier alpha value is -2.14. The van der Waals surface area contributed by atoms with Crippen molar-refractivity contribution in [2.45, 2.75) is 18.2 Å². The topological polar surface area (TPSA) is 21.3 Å². The number of ether oxygens (including phenoxy) is 1. The zero-order valence-corrected chi connectivity index (χ0v) is 15.4. The molecule has 2 nitrogen and oxygen atoms in total. The SMILES string of the molecule is C=C1NC(c2c(F)cc(OCC)cc2F)=C(c2ccccc2)CC1Br. The molecule has 1 heterocycles. The van der Waals surface area contributed by atoms with Crippen molar-refractivity contribution >= 4 is 27.2 Å². The van der Waals surface area contributed by atoms with Gasteiger partial charge in [0, 0.05) is 17.8 Å². The zero-order valence-electron chi connectivity index (χ0n) is 13.8. The quantitative estimate of drug-likeness (QED) is 0.677. The molecule has 25 heavy (non-hydrogen) atoms. The molecule has 0 aromatic heterocycles. The highest BCUT2D eigenvalue weighted by molar-refractivity contribution is 9.09. The molecule has 0 fully saturated rings. The monoisotopic (exact) mass is 405 g/mol. The van der Waals surface area contributed by atoms with Crippen LogP contribution in [0.2, 0.25) is 0 Å². The third-order valence-corrected chi connectivity index (χ3v) is 4.92. The van der Waals surface area contributed by atoms with Gasteiger partial charge in [-0.1, -0.05) is 52.8 Å². The van der Waals surface area contributed by atoms with E-state index in [1.165, 1.54) is 12.1 Å². The second kappa shape index (κ2) is 7.40. The van der Waals surface area contributed by atoms with Gasteiger partial charge in [-0.3, -0.25) is 0 Å². The maximum absolute atomic E-state index is 14.7. The minimum Gasteiger partial charge on any atom is -0.494 e. The molecule has 0 aliphatic carbocycles. The van der Waals surface area contributed by atoms with E-state index in [9.17, 15) is 8.78 Å². The molecule has 2 aromatic rings. The molecule has 3 rings (SSSR count). The summed E-state index contributed by atoms with van der Waals surface area (Å²) in [4.78, 5) is -0.0136. The summed E-state index contributed by atoms with van der Waals surface area (Å²) in [6, 6.07) is 12.0. The highest BCUT2D eigenvalue weighted by atomic mass is 79.9. The molecule has 0 amide bonds. The molecule has 1 atom stereocenters. The van der Waals surface area contributed by atoms with E-state index < -0.39 is 11.6 Å². The summed E-state index contributed by atoms with van der Waals surface area (Å²) in [6.07, 6.45) is 0.581. The molecule has 130 valence electrons. The normalized spacial score (nSPS) is 17.4. The van der Waals surface area contributed by atoms with Gasteiger partial charge in [0.25, 0.3) is 0 Å². The largest absolute Gasteiger partial charge is 0.494 e. The van der Waals surface area contributed by atoms with Crippen LogP contribution in [0.5, 0.6) is 5.75 Å². The summed E-state index contributed by atoms with van der Waals surface area (Å²) in [7, 11) is 0. The smallest absolute Gasteiger partial charge is 0.139 e. The molecule has 5 heteroatoms. The Morgan fingerprint density at radius 3 is 2.44 bits per heavy atom. The Morgan fingerprint density at radius 2 is 1.84 bits per heavy atom. The van der Waals surface area contributed by atoms with E-state index >= 15 is 0 Å². The Labute approximate surface area is 154 Å². The maximum Gasteiger partial charge on any atom is 0.139 e. The number of nitrogens with one attached hydrogen (secondary N) is 1. The highest BCUT2D eigenvalue weighted by Gasteiger charge is 2.27. The molecule has 0 bridgehead atoms. The average Bonchev–Trinajstić information content (AvgIpc) is 2.58. The number of alkyl halides is 1. The van der Waals surface area contributed by atoms with Gasteiger partial charge in [0.1, 0.15) is 17.4 Å². The summed E-state index contributed by atoms with van der Waals surface area (Å²) < 4.78 is 34.6. The lowest BCUT2D eigenvalue weighted by Gasteiger charge is -2.28. The first-order valence-corrected chi connectivity index (χ1v) is 8.93. The van der Waals surface area contributed by atoms with Crippen LogP contribution in [0, 0.1) is 11.6 Å². The predicted molar refractivity (Wildman–Crippen MR) is 100 cm³/mol. The van der Waals surface area contributed by atoms with Gasteiger partial charge in [0.15, 0.2) is 0 Å². The molecule has 0 saturated carbocycles. The summed E-state index contributed by atoms with van der Waals surface area (Å²) >= 11 is 3.56. The fourth-order valence-corrected chi connectivity index (χ4v) is 3.31. The van der Waals surface area contributed by atoms with Crippen LogP contribution in [0.15, 0.2) is 54.7 Å². The van der Waals surface area contributed by atoms with Crippen LogP contribution in [-0.2, 0) is 0 Å². The molecule has 0 radical (unpaired) electrons. The van der Waals surface area contributed by atoms with E-state index in [0.29, 0.717) is 24.4 Å². The lowest BCUT2D eigenvalue weighted by atomic mass is 9.91. The van der Waals surface area contributed by atoms with Crippen LogP contribution in [-0.4, -0.2) is 11.4 Å². The lowest BCUT2D eigenvalue weighted by molar-refractivity contribution is 0.335. The van der Waals surface area contributed by atoms with E-state index in [1.54, 1.807) is 6.92 Å². The molecule has 0 spiro atoms. The molecular weight excluding hydrogens is 388 g/mol. The molecule has 1 aliphatic rings. The van der Waals surface area contributed by atoms with Crippen LogP contribution < -0.4 is 10.1 Å². The number of allylic oxidation sites excluding steroid dienone is 2. The van der Waals surface area contributed by atoms with Gasteiger partial charge in [-0.05, 0) is 24.5 Å². The van der Waals surface area contributed by atoms with E-state index in [4.69, 9.17) is 4.74 Å². The van der Waals surface area contributed by atoms with Crippen molar-refractivity contribution in [3.05, 3.63) is 77.5 Å². The summed E-state index contributed by atoms with van der Waals surface area (Å²) in [5.41, 5.74) is 2.72. The zero-order chi connectivity index (χ0) is 18.0. The first-order chi connectivity index (χ1) is 12.0. The van der Waals surface area contributed by atoms with Crippen LogP contribution in [0.25, 0.3) is 11.3 Å². The third kappa shape index (κ3) is 3.61. The van der Waals surface area contributed by atoms with Crippen molar-refractivity contribution in [3.8, 4) is 5.75 Å². The fourth-order valence-electron chi connectivity index (χ4n) is 2.87. The van der Waals surface area contributed by atoms with Crippen molar-refractivity contribution in [1.29, 1.82) is 0 Å². The minimum absolute atomic E-state index is 0.0136. The first kappa shape index (κ1) is 17.7. The summed E-state index contributed by atoms with van der Waals surface area (Å²) in [5, 5.41) is 3.08. The van der Waals surface area contributed by atoms with E-state index in [-0.39, 0.29) is 16.1 Å². The van der Waals surface area contributed by atoms with Crippen molar-refractivity contribution in [2.24, 2.45) is 0 Å². The molecule has 2 aromatic carbocycles. The van der Waals surface area contributed by atoms with Gasteiger partial charge in [0.2, 0.25) is 0 Å². The number of benzene rings is 2. The van der Waals surface area contributed by atoms with Gasteiger partial charge in [0.05, 0.1) is 22.7 Å². The Morgan fingerprint density at radius 1 is 1.20 bits per heavy atom. The van der Waals surface area contributed by atoms with Crippen molar-refractivity contribution in [1.82, 2.24) is 5.32 Å². The number of hydrogen-bond donors (Lipinski definition) is 1. The van der Waals surface area contributed by atoms with Gasteiger partial charge in [-0.25, -0.2) is 8.78 Å². The standard InChI is InChI=1S/C20H18BrF2NO/c1-3-25-14-9-17(22)19(18(23)10-14)20-15(11-16(21)12(2)24-20)13-7-5-4-6-8-13/h4-10,16,24H,2-3,11H2,1H3. The average molecular weight is 406 g/mol. The molecule has 0 saturated heterocycles. The van der Waals surface area contributed by atoms with Crippen LogP contribution in [0.1, 0.15) is 24.5 Å². The van der Waals surface area contributed by atoms with Crippen molar-refractivity contribution in [2.75, 3.05) is 6.61 Å². The minimum atomic E-state index is -0.666. The number of rotatable bonds is 4. The molecular formula is C20H18BrF2NO. The van der Waals surface area contributed by atoms with E-state index in [2.05, 4.69) is 27.8 Å². The highest BCUT2D eigenvalue weighted by Crippen LogP contribution is 2.39. The van der Waals surface area contributed by atoms with Crippen molar-refractivity contribution < 1.29 is 13.5 Å². The number of halogens is 3. The molecule has 1 N–H and O–H groups in total. The second-order valence-electron chi connectivity index (χ2n) is 5.74. The maximum atomic E-state index is 14.7. The second-order valence-corrected chi connectivity index (χ2v) is 6.84. The Kier molecular flexibility index (Phi) is 5.23. The summed E-state index contributed by atoms with van der Waals surface area (Å²) in [6.45, 7) is 6.05. The van der Waals surface area contributed by atoms with Gasteiger partial charge >= 0.3 is 0 Å².